The van der Waals surface area contributed by atoms with Crippen molar-refractivity contribution in [3.8, 4) is 0 Å². The molecule has 138 valence electrons. The Morgan fingerprint density at radius 3 is 2.19 bits per heavy atom. The molecule has 0 saturated heterocycles. The Hall–Kier alpha value is -2.71. The van der Waals surface area contributed by atoms with Gasteiger partial charge in [-0.25, -0.2) is 12.8 Å². The predicted octanol–water partition coefficient (Wildman–Crippen LogP) is 4.64. The van der Waals surface area contributed by atoms with Crippen molar-refractivity contribution in [3.05, 3.63) is 88.6 Å². The zero-order valence-corrected chi connectivity index (χ0v) is 16.2. The number of carbonyl (C=O) groups excluding carboxylic acids is 1. The zero-order valence-electron chi connectivity index (χ0n) is 13.8. The molecule has 0 aliphatic heterocycles. The van der Waals surface area contributed by atoms with Gasteiger partial charge in [0.25, 0.3) is 15.9 Å². The second kappa shape index (κ2) is 7.89. The summed E-state index contributed by atoms with van der Waals surface area (Å²) in [6.45, 7) is 0. The average Bonchev–Trinajstić information content (AvgIpc) is 2.64. The largest absolute Gasteiger partial charge is 0.322 e. The molecular formula is C19H14BrFN2O3S. The highest BCUT2D eigenvalue weighted by Gasteiger charge is 2.16. The van der Waals surface area contributed by atoms with Gasteiger partial charge in [0, 0.05) is 10.2 Å². The smallest absolute Gasteiger partial charge is 0.261 e. The number of hydrogen-bond donors (Lipinski definition) is 2. The molecule has 0 aromatic heterocycles. The number of sulfonamides is 1. The number of carbonyl (C=O) groups is 1. The summed E-state index contributed by atoms with van der Waals surface area (Å²) >= 11 is 3.31. The number of benzene rings is 3. The van der Waals surface area contributed by atoms with Crippen molar-refractivity contribution < 1.29 is 17.6 Å². The van der Waals surface area contributed by atoms with Crippen LogP contribution in [0.1, 0.15) is 10.4 Å². The summed E-state index contributed by atoms with van der Waals surface area (Å²) in [7, 11) is -3.95. The number of anilines is 2. The van der Waals surface area contributed by atoms with E-state index in [2.05, 4.69) is 26.0 Å². The molecular weight excluding hydrogens is 435 g/mol. The number of para-hydroxylation sites is 1. The van der Waals surface area contributed by atoms with Crippen LogP contribution < -0.4 is 10.0 Å². The van der Waals surface area contributed by atoms with Crippen molar-refractivity contribution in [2.24, 2.45) is 0 Å². The molecule has 0 radical (unpaired) electrons. The lowest BCUT2D eigenvalue weighted by molar-refractivity contribution is 0.102. The van der Waals surface area contributed by atoms with E-state index in [9.17, 15) is 17.6 Å². The van der Waals surface area contributed by atoms with Crippen LogP contribution in [0.3, 0.4) is 0 Å². The van der Waals surface area contributed by atoms with E-state index in [-0.39, 0.29) is 16.5 Å². The third-order valence-corrected chi connectivity index (χ3v) is 5.73. The number of hydrogen-bond acceptors (Lipinski definition) is 3. The predicted molar refractivity (Wildman–Crippen MR) is 106 cm³/mol. The molecule has 0 aliphatic rings. The second-order valence-electron chi connectivity index (χ2n) is 5.54. The van der Waals surface area contributed by atoms with Crippen molar-refractivity contribution in [2.45, 2.75) is 4.90 Å². The molecule has 27 heavy (non-hydrogen) atoms. The SMILES string of the molecule is O=C(Nc1ccc(S(=O)(=O)Nc2ccccc2F)cc1)c1ccccc1Br. The fraction of sp³-hybridized carbons (Fsp3) is 0. The van der Waals surface area contributed by atoms with Gasteiger partial charge >= 0.3 is 0 Å². The van der Waals surface area contributed by atoms with Crippen molar-refractivity contribution in [1.82, 2.24) is 0 Å². The van der Waals surface area contributed by atoms with E-state index in [1.54, 1.807) is 24.3 Å². The van der Waals surface area contributed by atoms with Crippen molar-refractivity contribution in [3.63, 3.8) is 0 Å². The molecule has 2 N–H and O–H groups in total. The highest BCUT2D eigenvalue weighted by Crippen LogP contribution is 2.21. The molecule has 1 amide bonds. The molecule has 0 saturated carbocycles. The van der Waals surface area contributed by atoms with Gasteiger partial charge in [0.2, 0.25) is 0 Å². The zero-order chi connectivity index (χ0) is 19.4. The Morgan fingerprint density at radius 2 is 1.52 bits per heavy atom. The lowest BCUT2D eigenvalue weighted by Crippen LogP contribution is -2.15. The minimum absolute atomic E-state index is 0.0513. The highest BCUT2D eigenvalue weighted by molar-refractivity contribution is 9.10. The summed E-state index contributed by atoms with van der Waals surface area (Å²) in [5, 5.41) is 2.69. The Kier molecular flexibility index (Phi) is 5.57. The molecule has 3 rings (SSSR count). The minimum Gasteiger partial charge on any atom is -0.322 e. The van der Waals surface area contributed by atoms with E-state index in [0.29, 0.717) is 15.7 Å². The molecule has 3 aromatic carbocycles. The molecule has 0 bridgehead atoms. The van der Waals surface area contributed by atoms with Gasteiger partial charge < -0.3 is 5.32 Å². The molecule has 0 aliphatic carbocycles. The molecule has 8 heteroatoms. The third-order valence-electron chi connectivity index (χ3n) is 3.66. The van der Waals surface area contributed by atoms with Crippen LogP contribution in [0.15, 0.2) is 82.2 Å². The van der Waals surface area contributed by atoms with Gasteiger partial charge in [-0.3, -0.25) is 9.52 Å². The Morgan fingerprint density at radius 1 is 0.889 bits per heavy atom. The van der Waals surface area contributed by atoms with E-state index < -0.39 is 15.8 Å². The van der Waals surface area contributed by atoms with Gasteiger partial charge in [-0.2, -0.15) is 0 Å². The van der Waals surface area contributed by atoms with Crippen LogP contribution in [0.4, 0.5) is 15.8 Å². The molecule has 0 fully saturated rings. The molecule has 5 nitrogen and oxygen atoms in total. The van der Waals surface area contributed by atoms with Gasteiger partial charge in [-0.05, 0) is 64.5 Å². The molecule has 0 spiro atoms. The number of halogens is 2. The lowest BCUT2D eigenvalue weighted by Gasteiger charge is -2.10. The van der Waals surface area contributed by atoms with Crippen molar-refractivity contribution in [2.75, 3.05) is 10.0 Å². The van der Waals surface area contributed by atoms with Crippen LogP contribution in [-0.2, 0) is 10.0 Å². The Bertz CT molecular complexity index is 1090. The van der Waals surface area contributed by atoms with Gasteiger partial charge in [0.15, 0.2) is 0 Å². The highest BCUT2D eigenvalue weighted by atomic mass is 79.9. The van der Waals surface area contributed by atoms with E-state index in [4.69, 9.17) is 0 Å². The Balaban J connectivity index is 1.76. The van der Waals surface area contributed by atoms with Gasteiger partial charge in [-0.15, -0.1) is 0 Å². The topological polar surface area (TPSA) is 75.3 Å². The second-order valence-corrected chi connectivity index (χ2v) is 8.08. The maximum absolute atomic E-state index is 13.7. The van der Waals surface area contributed by atoms with E-state index in [1.807, 2.05) is 0 Å². The van der Waals surface area contributed by atoms with Crippen LogP contribution in [0.25, 0.3) is 0 Å². The quantitative estimate of drug-likeness (QED) is 0.596. The Labute approximate surface area is 164 Å². The van der Waals surface area contributed by atoms with E-state index in [0.717, 1.165) is 6.07 Å². The molecule has 3 aromatic rings. The lowest BCUT2D eigenvalue weighted by atomic mass is 10.2. The average molecular weight is 449 g/mol. The number of nitrogens with one attached hydrogen (secondary N) is 2. The van der Waals surface area contributed by atoms with Crippen LogP contribution in [-0.4, -0.2) is 14.3 Å². The van der Waals surface area contributed by atoms with Crippen molar-refractivity contribution >= 4 is 43.2 Å². The molecule has 0 heterocycles. The van der Waals surface area contributed by atoms with Crippen LogP contribution in [0.2, 0.25) is 0 Å². The van der Waals surface area contributed by atoms with Crippen LogP contribution >= 0.6 is 15.9 Å². The maximum atomic E-state index is 13.7. The minimum atomic E-state index is -3.95. The first kappa shape index (κ1) is 19.1. The fourth-order valence-corrected chi connectivity index (χ4v) is 3.84. The van der Waals surface area contributed by atoms with Gasteiger partial charge in [0.05, 0.1) is 16.1 Å². The van der Waals surface area contributed by atoms with E-state index >= 15 is 0 Å². The first-order valence-electron chi connectivity index (χ1n) is 7.80. The summed E-state index contributed by atoms with van der Waals surface area (Å²) < 4.78 is 41.3. The van der Waals surface area contributed by atoms with Gasteiger partial charge in [-0.1, -0.05) is 24.3 Å². The molecule has 0 atom stereocenters. The first-order chi connectivity index (χ1) is 12.9. The number of amides is 1. The number of rotatable bonds is 5. The summed E-state index contributed by atoms with van der Waals surface area (Å²) in [5.41, 5.74) is 0.750. The summed E-state index contributed by atoms with van der Waals surface area (Å²) in [6.07, 6.45) is 0. The normalized spacial score (nSPS) is 11.0. The summed E-state index contributed by atoms with van der Waals surface area (Å²) in [5.74, 6) is -0.999. The monoisotopic (exact) mass is 448 g/mol. The molecule has 0 unspecified atom stereocenters. The summed E-state index contributed by atoms with van der Waals surface area (Å²) in [6, 6.07) is 18.0. The fourth-order valence-electron chi connectivity index (χ4n) is 2.31. The van der Waals surface area contributed by atoms with E-state index in [1.165, 1.54) is 42.5 Å². The van der Waals surface area contributed by atoms with Crippen LogP contribution in [0, 0.1) is 5.82 Å². The third kappa shape index (κ3) is 4.53. The van der Waals surface area contributed by atoms with Crippen LogP contribution in [0.5, 0.6) is 0 Å². The first-order valence-corrected chi connectivity index (χ1v) is 10.1. The summed E-state index contributed by atoms with van der Waals surface area (Å²) in [4.78, 5) is 12.2. The van der Waals surface area contributed by atoms with Crippen molar-refractivity contribution in [1.29, 1.82) is 0 Å². The standard InChI is InChI=1S/C19H14BrFN2O3S/c20-16-6-2-1-5-15(16)19(24)22-13-9-11-14(12-10-13)27(25,26)23-18-8-4-3-7-17(18)21/h1-12,23H,(H,22,24). The van der Waals surface area contributed by atoms with Gasteiger partial charge in [0.1, 0.15) is 5.82 Å². The maximum Gasteiger partial charge on any atom is 0.261 e.